The van der Waals surface area contributed by atoms with Gasteiger partial charge >= 0.3 is 0 Å². The van der Waals surface area contributed by atoms with Crippen molar-refractivity contribution in [2.45, 2.75) is 123 Å². The fourth-order valence-electron chi connectivity index (χ4n) is 7.67. The predicted molar refractivity (Wildman–Crippen MR) is 200 cm³/mol. The maximum absolute atomic E-state index is 14.1. The highest BCUT2D eigenvalue weighted by Gasteiger charge is 2.43. The summed E-state index contributed by atoms with van der Waals surface area (Å²) in [5.74, 6) is -1.64. The Hall–Kier alpha value is -3.06. The normalized spacial score (nSPS) is 19.7. The first-order chi connectivity index (χ1) is 23.9. The number of likely N-dealkylation sites (N-methyl/N-ethyl adjacent to an activating group) is 2. The molecule has 0 saturated carbocycles. The fraction of sp³-hybridized carbons (Fsp3) is 0.744. The summed E-state index contributed by atoms with van der Waals surface area (Å²) >= 11 is 0. The van der Waals surface area contributed by atoms with E-state index < -0.39 is 48.4 Å². The Morgan fingerprint density at radius 3 is 1.96 bits per heavy atom. The number of aliphatic hydroxyl groups is 1. The van der Waals surface area contributed by atoms with Crippen LogP contribution < -0.4 is 10.6 Å². The van der Waals surface area contributed by atoms with E-state index in [0.29, 0.717) is 18.5 Å². The first-order valence-corrected chi connectivity index (χ1v) is 18.5. The van der Waals surface area contributed by atoms with E-state index in [1.165, 1.54) is 0 Å². The number of carbonyl (C=O) groups is 4. The summed E-state index contributed by atoms with van der Waals surface area (Å²) in [7, 11) is 8.52. The molecule has 1 aromatic rings. The van der Waals surface area contributed by atoms with Crippen LogP contribution in [0, 0.1) is 23.7 Å². The van der Waals surface area contributed by atoms with Gasteiger partial charge in [-0.1, -0.05) is 78.8 Å². The number of benzene rings is 1. The van der Waals surface area contributed by atoms with Gasteiger partial charge in [-0.25, -0.2) is 0 Å². The number of hydrogen-bond acceptors (Lipinski definition) is 8. The lowest BCUT2D eigenvalue weighted by molar-refractivity contribution is -0.147. The van der Waals surface area contributed by atoms with Gasteiger partial charge in [0.05, 0.1) is 54.8 Å². The molecule has 3 N–H and O–H groups in total. The van der Waals surface area contributed by atoms with Gasteiger partial charge in [0, 0.05) is 27.8 Å². The number of methoxy groups -OCH3 is 2. The third-order valence-corrected chi connectivity index (χ3v) is 10.4. The maximum Gasteiger partial charge on any atom is 0.245 e. The Bertz CT molecular complexity index is 1250. The minimum absolute atomic E-state index is 0.0273. The van der Waals surface area contributed by atoms with Gasteiger partial charge in [-0.3, -0.25) is 24.1 Å². The van der Waals surface area contributed by atoms with Crippen LogP contribution in [0.2, 0.25) is 0 Å². The van der Waals surface area contributed by atoms with Gasteiger partial charge in [0.15, 0.2) is 0 Å². The van der Waals surface area contributed by atoms with E-state index in [-0.39, 0.29) is 53.8 Å². The van der Waals surface area contributed by atoms with Crippen LogP contribution in [0.1, 0.15) is 86.3 Å². The maximum atomic E-state index is 14.1. The fourth-order valence-corrected chi connectivity index (χ4v) is 7.67. The van der Waals surface area contributed by atoms with Crippen molar-refractivity contribution in [2.75, 3.05) is 41.9 Å². The Balaban J connectivity index is 2.21. The van der Waals surface area contributed by atoms with Crippen LogP contribution in [0.3, 0.4) is 0 Å². The average molecular weight is 718 g/mol. The minimum Gasteiger partial charge on any atom is -0.386 e. The molecule has 1 heterocycles. The minimum atomic E-state index is -0.875. The van der Waals surface area contributed by atoms with E-state index in [0.717, 1.165) is 6.42 Å². The first-order valence-electron chi connectivity index (χ1n) is 18.5. The molecule has 1 aliphatic heterocycles. The molecule has 12 nitrogen and oxygen atoms in total. The van der Waals surface area contributed by atoms with E-state index >= 15 is 0 Å². The molecule has 0 radical (unpaired) electrons. The van der Waals surface area contributed by atoms with Gasteiger partial charge < -0.3 is 35.0 Å². The number of nitrogens with zero attached hydrogens (tertiary/aromatic N) is 3. The molecule has 0 aliphatic carbocycles. The van der Waals surface area contributed by atoms with Gasteiger partial charge in [0.25, 0.3) is 0 Å². The summed E-state index contributed by atoms with van der Waals surface area (Å²) in [5.41, 5.74) is 0.710. The first kappa shape index (κ1) is 44.1. The summed E-state index contributed by atoms with van der Waals surface area (Å²) in [4.78, 5) is 60.2. The predicted octanol–water partition coefficient (Wildman–Crippen LogP) is 3.48. The third kappa shape index (κ3) is 11.5. The number of amides is 4. The summed E-state index contributed by atoms with van der Waals surface area (Å²) < 4.78 is 11.9. The lowest BCUT2D eigenvalue weighted by atomic mass is 9.91. The van der Waals surface area contributed by atoms with Gasteiger partial charge in [-0.2, -0.15) is 0 Å². The van der Waals surface area contributed by atoms with Gasteiger partial charge in [-0.05, 0) is 57.2 Å². The Morgan fingerprint density at radius 2 is 1.47 bits per heavy atom. The van der Waals surface area contributed by atoms with Gasteiger partial charge in [-0.15, -0.1) is 0 Å². The number of hydrogen-bond donors (Lipinski definition) is 3. The molecule has 51 heavy (non-hydrogen) atoms. The molecule has 4 amide bonds. The smallest absolute Gasteiger partial charge is 0.245 e. The van der Waals surface area contributed by atoms with Crippen molar-refractivity contribution in [2.24, 2.45) is 23.7 Å². The quantitative estimate of drug-likeness (QED) is 0.198. The van der Waals surface area contributed by atoms with Crippen molar-refractivity contribution in [3.8, 4) is 0 Å². The molecule has 1 aromatic carbocycles. The van der Waals surface area contributed by atoms with Crippen molar-refractivity contribution < 1.29 is 33.8 Å². The van der Waals surface area contributed by atoms with E-state index in [9.17, 15) is 24.3 Å². The molecule has 2 unspecified atom stereocenters. The molecule has 2 rings (SSSR count). The zero-order valence-electron chi connectivity index (χ0n) is 33.4. The molecule has 290 valence electrons. The summed E-state index contributed by atoms with van der Waals surface area (Å²) in [6.07, 6.45) is -0.607. The van der Waals surface area contributed by atoms with Crippen molar-refractivity contribution >= 4 is 23.6 Å². The number of rotatable bonds is 19. The van der Waals surface area contributed by atoms with Crippen LogP contribution >= 0.6 is 0 Å². The van der Waals surface area contributed by atoms with E-state index in [1.54, 1.807) is 44.9 Å². The molecule has 1 saturated heterocycles. The summed E-state index contributed by atoms with van der Waals surface area (Å²) in [6.45, 7) is 15.8. The highest BCUT2D eigenvalue weighted by Crippen LogP contribution is 2.29. The van der Waals surface area contributed by atoms with Crippen molar-refractivity contribution in [3.05, 3.63) is 35.9 Å². The van der Waals surface area contributed by atoms with Crippen LogP contribution in [-0.4, -0.2) is 128 Å². The molecule has 0 bridgehead atoms. The van der Waals surface area contributed by atoms with Gasteiger partial charge in [0.2, 0.25) is 23.6 Å². The van der Waals surface area contributed by atoms with Crippen LogP contribution in [0.4, 0.5) is 0 Å². The largest absolute Gasteiger partial charge is 0.386 e. The standard InChI is InChI=1S/C39H67N5O7/c1-23(2)32(41-38(48)34(25(5)6)42(9)10)39(49)43(11)33(24(3)4)30(50-12)22-31(45)44-21-17-20-29(44)36(51-13)26(7)37(47)40-27(8)35(46)28-18-15-14-16-19-28/h14-16,18-19,23-27,29-30,32-36,46H,17,20-22H2,1-13H3,(H,40,47)(H,41,48)/t26-,27-,29+,30-,32+,33?,34?,35-,36-/m1/s1. The molecular formula is C39H67N5O7. The zero-order chi connectivity index (χ0) is 38.7. The second kappa shape index (κ2) is 20.3. The topological polar surface area (TPSA) is 141 Å². The Labute approximate surface area is 307 Å². The highest BCUT2D eigenvalue weighted by molar-refractivity contribution is 5.90. The Morgan fingerprint density at radius 1 is 0.863 bits per heavy atom. The molecule has 1 aliphatic rings. The van der Waals surface area contributed by atoms with E-state index in [1.807, 2.05) is 90.9 Å². The number of aliphatic hydroxyl groups excluding tert-OH is 1. The zero-order valence-corrected chi connectivity index (χ0v) is 33.4. The van der Waals surface area contributed by atoms with Crippen LogP contribution in [-0.2, 0) is 28.7 Å². The number of likely N-dealkylation sites (tertiary alicyclic amines) is 1. The number of carbonyl (C=O) groups excluding carboxylic acids is 4. The monoisotopic (exact) mass is 718 g/mol. The van der Waals surface area contributed by atoms with Crippen LogP contribution in [0.15, 0.2) is 30.3 Å². The second-order valence-electron chi connectivity index (χ2n) is 15.5. The third-order valence-electron chi connectivity index (χ3n) is 10.4. The van der Waals surface area contributed by atoms with E-state index in [2.05, 4.69) is 10.6 Å². The lowest BCUT2D eigenvalue weighted by Crippen LogP contribution is -2.59. The SMILES string of the molecule is CO[C@H]([C@@H](C)C(=O)N[C@H](C)[C@@H](O)c1ccccc1)[C@@H]1CCCN1C(=O)C[C@@H](OC)C(C(C)C)N(C)C(=O)[C@@H](NC(=O)C(C(C)C)N(C)C)C(C)C. The number of ether oxygens (including phenoxy) is 2. The van der Waals surface area contributed by atoms with E-state index in [4.69, 9.17) is 9.47 Å². The molecule has 0 aromatic heterocycles. The van der Waals surface area contributed by atoms with Crippen molar-refractivity contribution in [1.82, 2.24) is 25.3 Å². The average Bonchev–Trinajstić information content (AvgIpc) is 3.55. The summed E-state index contributed by atoms with van der Waals surface area (Å²) in [5, 5.41) is 16.8. The molecule has 12 heteroatoms. The van der Waals surface area contributed by atoms with Gasteiger partial charge in [0.1, 0.15) is 6.04 Å². The Kier molecular flexibility index (Phi) is 17.5. The van der Waals surface area contributed by atoms with Crippen LogP contribution in [0.5, 0.6) is 0 Å². The molecule has 0 spiro atoms. The molecular weight excluding hydrogens is 650 g/mol. The molecule has 9 atom stereocenters. The number of nitrogens with one attached hydrogen (secondary N) is 2. The second-order valence-corrected chi connectivity index (χ2v) is 15.5. The highest BCUT2D eigenvalue weighted by atomic mass is 16.5. The van der Waals surface area contributed by atoms with Crippen molar-refractivity contribution in [3.63, 3.8) is 0 Å². The lowest BCUT2D eigenvalue weighted by Gasteiger charge is -2.40. The van der Waals surface area contributed by atoms with Crippen LogP contribution in [0.25, 0.3) is 0 Å². The van der Waals surface area contributed by atoms with Crippen molar-refractivity contribution in [1.29, 1.82) is 0 Å². The molecule has 1 fully saturated rings. The summed E-state index contributed by atoms with van der Waals surface area (Å²) in [6, 6.07) is 6.70.